The summed E-state index contributed by atoms with van der Waals surface area (Å²) in [4.78, 5) is 21.2. The molecule has 1 amide bonds. The molecule has 0 aliphatic heterocycles. The predicted molar refractivity (Wildman–Crippen MR) is 124 cm³/mol. The van der Waals surface area contributed by atoms with Crippen LogP contribution < -0.4 is 10.0 Å². The van der Waals surface area contributed by atoms with Gasteiger partial charge in [0.1, 0.15) is 22.0 Å². The van der Waals surface area contributed by atoms with Crippen LogP contribution in [0.5, 0.6) is 0 Å². The first-order chi connectivity index (χ1) is 16.2. The van der Waals surface area contributed by atoms with Crippen LogP contribution in [0.25, 0.3) is 11.0 Å². The Bertz CT molecular complexity index is 1500. The highest BCUT2D eigenvalue weighted by Crippen LogP contribution is 2.26. The summed E-state index contributed by atoms with van der Waals surface area (Å²) in [5.41, 5.74) is 1.49. The topological polar surface area (TPSA) is 101 Å². The maximum Gasteiger partial charge on any atom is 0.264 e. The van der Waals surface area contributed by atoms with Crippen LogP contribution in [-0.2, 0) is 10.0 Å². The molecule has 0 radical (unpaired) electrons. The first kappa shape index (κ1) is 23.2. The number of hydrogen-bond donors (Lipinski definition) is 2. The molecule has 34 heavy (non-hydrogen) atoms. The monoisotopic (exact) mass is 482 g/mol. The van der Waals surface area contributed by atoms with Gasteiger partial charge in [-0.05, 0) is 49.7 Å². The summed E-state index contributed by atoms with van der Waals surface area (Å²) in [5.74, 6) is -2.16. The lowest BCUT2D eigenvalue weighted by Crippen LogP contribution is -2.28. The van der Waals surface area contributed by atoms with Crippen LogP contribution in [0.4, 0.5) is 14.5 Å². The van der Waals surface area contributed by atoms with Gasteiger partial charge < -0.3 is 5.32 Å². The van der Waals surface area contributed by atoms with E-state index in [1.165, 1.54) is 36.7 Å². The molecule has 0 saturated carbocycles. The van der Waals surface area contributed by atoms with Crippen LogP contribution >= 0.6 is 0 Å². The number of hydrogen-bond acceptors (Lipinski definition) is 5. The molecule has 4 rings (SSSR count). The first-order valence-corrected chi connectivity index (χ1v) is 11.7. The summed E-state index contributed by atoms with van der Waals surface area (Å²) >= 11 is 0. The highest BCUT2D eigenvalue weighted by molar-refractivity contribution is 7.93. The number of benzene rings is 3. The van der Waals surface area contributed by atoms with Gasteiger partial charge in [-0.2, -0.15) is 0 Å². The van der Waals surface area contributed by atoms with E-state index in [-0.39, 0.29) is 27.2 Å². The second kappa shape index (κ2) is 9.14. The number of rotatable bonds is 6. The molecule has 7 nitrogen and oxygen atoms in total. The van der Waals surface area contributed by atoms with E-state index in [0.717, 1.165) is 12.1 Å². The molecule has 3 aromatic carbocycles. The van der Waals surface area contributed by atoms with Crippen LogP contribution in [0, 0.1) is 18.6 Å². The Balaban J connectivity index is 1.66. The second-order valence-electron chi connectivity index (χ2n) is 7.70. The van der Waals surface area contributed by atoms with Crippen LogP contribution in [0.15, 0.2) is 71.9 Å². The molecule has 0 bridgehead atoms. The highest BCUT2D eigenvalue weighted by Gasteiger charge is 2.23. The normalized spacial score (nSPS) is 12.4. The first-order valence-electron chi connectivity index (χ1n) is 10.2. The number of fused-ring (bicyclic) bond motifs is 1. The minimum Gasteiger partial charge on any atom is -0.345 e. The van der Waals surface area contributed by atoms with E-state index in [0.29, 0.717) is 11.1 Å². The van der Waals surface area contributed by atoms with Crippen molar-refractivity contribution >= 4 is 32.7 Å². The zero-order valence-electron chi connectivity index (χ0n) is 18.2. The molecule has 1 unspecified atom stereocenters. The van der Waals surface area contributed by atoms with Gasteiger partial charge in [-0.1, -0.05) is 18.2 Å². The number of sulfonamides is 1. The minimum atomic E-state index is -4.14. The van der Waals surface area contributed by atoms with Gasteiger partial charge in [-0.3, -0.25) is 19.5 Å². The number of para-hydroxylation sites is 1. The maximum atomic E-state index is 14.1. The molecule has 0 aliphatic carbocycles. The van der Waals surface area contributed by atoms with Crippen molar-refractivity contribution in [3.8, 4) is 0 Å². The van der Waals surface area contributed by atoms with Gasteiger partial charge in [0, 0.05) is 24.0 Å². The third kappa shape index (κ3) is 4.72. The molecule has 0 spiro atoms. The highest BCUT2D eigenvalue weighted by atomic mass is 32.2. The lowest BCUT2D eigenvalue weighted by atomic mass is 10.1. The van der Waals surface area contributed by atoms with Crippen molar-refractivity contribution in [1.82, 2.24) is 15.3 Å². The molecular weight excluding hydrogens is 462 g/mol. The van der Waals surface area contributed by atoms with Crippen LogP contribution in [0.2, 0.25) is 0 Å². The van der Waals surface area contributed by atoms with Crippen molar-refractivity contribution in [3.05, 3.63) is 95.3 Å². The summed E-state index contributed by atoms with van der Waals surface area (Å²) in [7, 11) is -4.14. The molecule has 174 valence electrons. The Morgan fingerprint density at radius 2 is 1.76 bits per heavy atom. The van der Waals surface area contributed by atoms with Crippen molar-refractivity contribution in [2.45, 2.75) is 24.8 Å². The van der Waals surface area contributed by atoms with Crippen molar-refractivity contribution in [1.29, 1.82) is 0 Å². The summed E-state index contributed by atoms with van der Waals surface area (Å²) in [6.45, 7) is 3.29. The fraction of sp³-hybridized carbons (Fsp3) is 0.125. The van der Waals surface area contributed by atoms with E-state index in [1.807, 2.05) is 0 Å². The lowest BCUT2D eigenvalue weighted by Gasteiger charge is -2.18. The number of carbonyl (C=O) groups excluding carboxylic acids is 1. The molecule has 0 saturated heterocycles. The summed E-state index contributed by atoms with van der Waals surface area (Å²) < 4.78 is 56.3. The molecule has 0 aliphatic rings. The minimum absolute atomic E-state index is 0.0369. The molecule has 10 heteroatoms. The number of nitrogens with one attached hydrogen (secondary N) is 2. The average molecular weight is 483 g/mol. The molecule has 1 aromatic heterocycles. The van der Waals surface area contributed by atoms with Gasteiger partial charge >= 0.3 is 0 Å². The Hall–Kier alpha value is -3.92. The smallest absolute Gasteiger partial charge is 0.264 e. The van der Waals surface area contributed by atoms with E-state index in [2.05, 4.69) is 20.0 Å². The number of halogens is 2. The second-order valence-corrected chi connectivity index (χ2v) is 9.35. The molecule has 0 fully saturated rings. The zero-order valence-corrected chi connectivity index (χ0v) is 19.0. The van der Waals surface area contributed by atoms with Gasteiger partial charge in [0.05, 0.1) is 22.8 Å². The van der Waals surface area contributed by atoms with Crippen molar-refractivity contribution < 1.29 is 22.0 Å². The van der Waals surface area contributed by atoms with Crippen molar-refractivity contribution in [2.75, 3.05) is 4.72 Å². The predicted octanol–water partition coefficient (Wildman–Crippen LogP) is 4.51. The van der Waals surface area contributed by atoms with E-state index in [4.69, 9.17) is 0 Å². The lowest BCUT2D eigenvalue weighted by molar-refractivity contribution is 0.0940. The SMILES string of the molecule is Cc1ccc(C(=O)NC(C)c2ccc(F)cc2F)c(NS(=O)(=O)c2cccc3nccnc23)c1. The standard InChI is InChI=1S/C24H20F2N4O3S/c1-14-6-8-18(24(31)29-15(2)17-9-7-16(25)13-19(17)26)21(12-14)30-34(32,33)22-5-3-4-20-23(22)28-11-10-27-20/h3-13,15,30H,1-2H3,(H,29,31). The Morgan fingerprint density at radius 1 is 1.00 bits per heavy atom. The van der Waals surface area contributed by atoms with Gasteiger partial charge in [0.25, 0.3) is 15.9 Å². The summed E-state index contributed by atoms with van der Waals surface area (Å²) in [6.07, 6.45) is 2.85. The third-order valence-electron chi connectivity index (χ3n) is 5.19. The van der Waals surface area contributed by atoms with Gasteiger partial charge in [-0.25, -0.2) is 17.2 Å². The third-order valence-corrected chi connectivity index (χ3v) is 6.59. The number of amides is 1. The number of aromatic nitrogens is 2. The summed E-state index contributed by atoms with van der Waals surface area (Å²) in [5, 5.41) is 2.63. The maximum absolute atomic E-state index is 14.1. The fourth-order valence-corrected chi connectivity index (χ4v) is 4.77. The Morgan fingerprint density at radius 3 is 2.53 bits per heavy atom. The molecular formula is C24H20F2N4O3S. The van der Waals surface area contributed by atoms with E-state index in [1.54, 1.807) is 32.0 Å². The van der Waals surface area contributed by atoms with E-state index in [9.17, 15) is 22.0 Å². The Kier molecular flexibility index (Phi) is 6.25. The zero-order chi connectivity index (χ0) is 24.5. The van der Waals surface area contributed by atoms with Gasteiger partial charge in [0.2, 0.25) is 0 Å². The van der Waals surface area contributed by atoms with Crippen LogP contribution in [0.1, 0.15) is 34.5 Å². The summed E-state index contributed by atoms with van der Waals surface area (Å²) in [6, 6.07) is 11.5. The number of anilines is 1. The van der Waals surface area contributed by atoms with Crippen molar-refractivity contribution in [2.24, 2.45) is 0 Å². The number of nitrogens with zero attached hydrogens (tertiary/aromatic N) is 2. The Labute approximate surface area is 194 Å². The molecule has 1 heterocycles. The van der Waals surface area contributed by atoms with E-state index >= 15 is 0 Å². The largest absolute Gasteiger partial charge is 0.345 e. The number of carbonyl (C=O) groups is 1. The van der Waals surface area contributed by atoms with Crippen LogP contribution in [-0.4, -0.2) is 24.3 Å². The van der Waals surface area contributed by atoms with E-state index < -0.39 is 33.6 Å². The number of aryl methyl sites for hydroxylation is 1. The van der Waals surface area contributed by atoms with Gasteiger partial charge in [0.15, 0.2) is 0 Å². The fourth-order valence-electron chi connectivity index (χ4n) is 3.53. The van der Waals surface area contributed by atoms with Gasteiger partial charge in [-0.15, -0.1) is 0 Å². The van der Waals surface area contributed by atoms with Crippen molar-refractivity contribution in [3.63, 3.8) is 0 Å². The average Bonchev–Trinajstić information content (AvgIpc) is 2.78. The molecule has 2 N–H and O–H groups in total. The molecule has 4 aromatic rings. The quantitative estimate of drug-likeness (QED) is 0.421. The molecule has 1 atom stereocenters. The van der Waals surface area contributed by atoms with Crippen LogP contribution in [0.3, 0.4) is 0 Å².